The van der Waals surface area contributed by atoms with Gasteiger partial charge in [0.2, 0.25) is 5.91 Å². The van der Waals surface area contributed by atoms with Gasteiger partial charge >= 0.3 is 13.6 Å². The van der Waals surface area contributed by atoms with E-state index in [0.717, 1.165) is 6.66 Å². The maximum atomic E-state index is 9.92. The lowest BCUT2D eigenvalue weighted by Gasteiger charge is -1.96. The summed E-state index contributed by atoms with van der Waals surface area (Å²) < 4.78 is 18.1. The van der Waals surface area contributed by atoms with E-state index in [4.69, 9.17) is 4.89 Å². The van der Waals surface area contributed by atoms with E-state index in [0.29, 0.717) is 0 Å². The highest BCUT2D eigenvalue weighted by Crippen LogP contribution is 2.34. The average molecular weight is 257 g/mol. The van der Waals surface area contributed by atoms with E-state index >= 15 is 0 Å². The van der Waals surface area contributed by atoms with E-state index in [9.17, 15) is 14.2 Å². The second kappa shape index (κ2) is 12.2. The molecule has 0 spiro atoms. The molecule has 0 aliphatic carbocycles. The van der Waals surface area contributed by atoms with Crippen LogP contribution in [0.4, 0.5) is 0 Å². The fraction of sp³-hybridized carbons (Fsp3) is 0.750. The quantitative estimate of drug-likeness (QED) is 0.520. The van der Waals surface area contributed by atoms with Crippen molar-refractivity contribution < 1.29 is 28.3 Å². The summed E-state index contributed by atoms with van der Waals surface area (Å²) in [6, 6.07) is 0. The van der Waals surface area contributed by atoms with Crippen LogP contribution < -0.4 is 5.32 Å². The van der Waals surface area contributed by atoms with Crippen molar-refractivity contribution in [3.8, 4) is 0 Å². The molecule has 1 unspecified atom stereocenters. The minimum atomic E-state index is -3.15. The van der Waals surface area contributed by atoms with Gasteiger partial charge in [0.15, 0.2) is 0 Å². The van der Waals surface area contributed by atoms with Crippen molar-refractivity contribution in [3.63, 3.8) is 0 Å². The van der Waals surface area contributed by atoms with Gasteiger partial charge in [0.1, 0.15) is 0 Å². The lowest BCUT2D eigenvalue weighted by Crippen LogP contribution is -2.11. The second-order valence-corrected chi connectivity index (χ2v) is 4.46. The van der Waals surface area contributed by atoms with Crippen LogP contribution in [0.25, 0.3) is 0 Å². The lowest BCUT2D eigenvalue weighted by atomic mass is 10.7. The zero-order valence-electron chi connectivity index (χ0n) is 10.4. The molecule has 7 nitrogen and oxygen atoms in total. The van der Waals surface area contributed by atoms with Crippen molar-refractivity contribution in [2.75, 3.05) is 27.9 Å². The van der Waals surface area contributed by atoms with Crippen LogP contribution in [0.3, 0.4) is 0 Å². The summed E-state index contributed by atoms with van der Waals surface area (Å²) in [5.74, 6) is -0.241. The van der Waals surface area contributed by atoms with Crippen LogP contribution in [0.5, 0.6) is 0 Å². The summed E-state index contributed by atoms with van der Waals surface area (Å²) in [5, 5.41) is 2.39. The summed E-state index contributed by atoms with van der Waals surface area (Å²) in [5.41, 5.74) is 0. The molecule has 2 N–H and O–H groups in total. The first-order valence-electron chi connectivity index (χ1n) is 4.19. The third-order valence-electron chi connectivity index (χ3n) is 0.978. The summed E-state index contributed by atoms with van der Waals surface area (Å²) in [6.45, 7) is 3.97. The molecular formula is C8H20NO6P. The van der Waals surface area contributed by atoms with Gasteiger partial charge in [-0.15, -0.1) is 0 Å². The van der Waals surface area contributed by atoms with Gasteiger partial charge in [-0.3, -0.25) is 14.2 Å². The van der Waals surface area contributed by atoms with Gasteiger partial charge in [0.25, 0.3) is 0 Å². The number of nitrogens with one attached hydrogen (secondary N) is 1. The summed E-state index contributed by atoms with van der Waals surface area (Å²) in [6.07, 6.45) is 0. The standard InChI is InChI=1S/C3H7NO.C3H6O2.C2H7O3P/c1-3(5)4-2;1-3(4)5-2;1-5-6(2,3)4/h1-2H3,(H,4,5);1-2H3;1-2H3,(H,3,4). The van der Waals surface area contributed by atoms with Gasteiger partial charge in [-0.25, -0.2) is 0 Å². The van der Waals surface area contributed by atoms with E-state index in [1.165, 1.54) is 28.1 Å². The highest BCUT2D eigenvalue weighted by atomic mass is 31.2. The molecular weight excluding hydrogens is 237 g/mol. The first-order chi connectivity index (χ1) is 7.10. The third-order valence-corrected chi connectivity index (χ3v) is 1.66. The molecule has 0 radical (unpaired) electrons. The molecule has 1 amide bonds. The molecule has 0 aromatic carbocycles. The first kappa shape index (κ1) is 20.5. The monoisotopic (exact) mass is 257 g/mol. The smallest absolute Gasteiger partial charge is 0.324 e. The Morgan fingerprint density at radius 1 is 1.25 bits per heavy atom. The summed E-state index contributed by atoms with van der Waals surface area (Å²) in [4.78, 5) is 27.5. The predicted octanol–water partition coefficient (Wildman–Crippen LogP) is 0.380. The number of carbonyl (C=O) groups is 2. The Balaban J connectivity index is -0.000000160. The molecule has 0 aliphatic heterocycles. The molecule has 1 atom stereocenters. The molecule has 0 rings (SSSR count). The van der Waals surface area contributed by atoms with E-state index in [2.05, 4.69) is 14.6 Å². The molecule has 98 valence electrons. The van der Waals surface area contributed by atoms with Gasteiger partial charge in [-0.1, -0.05) is 0 Å². The van der Waals surface area contributed by atoms with Crippen molar-refractivity contribution in [1.29, 1.82) is 0 Å². The Hall–Kier alpha value is -0.910. The molecule has 0 fully saturated rings. The van der Waals surface area contributed by atoms with Crippen LogP contribution >= 0.6 is 7.60 Å². The van der Waals surface area contributed by atoms with Crippen molar-refractivity contribution in [2.45, 2.75) is 13.8 Å². The number of ether oxygens (including phenoxy) is 1. The second-order valence-electron chi connectivity index (χ2n) is 2.49. The highest BCUT2D eigenvalue weighted by molar-refractivity contribution is 7.51. The number of carbonyl (C=O) groups excluding carboxylic acids is 2. The minimum Gasteiger partial charge on any atom is -0.469 e. The predicted molar refractivity (Wildman–Crippen MR) is 60.2 cm³/mol. The minimum absolute atomic E-state index is 0.00463. The fourth-order valence-electron chi connectivity index (χ4n) is 0. The van der Waals surface area contributed by atoms with E-state index in [1.807, 2.05) is 0 Å². The van der Waals surface area contributed by atoms with Gasteiger partial charge in [-0.2, -0.15) is 0 Å². The number of rotatable bonds is 1. The van der Waals surface area contributed by atoms with Crippen LogP contribution in [-0.4, -0.2) is 44.7 Å². The Morgan fingerprint density at radius 2 is 1.44 bits per heavy atom. The Kier molecular flexibility index (Phi) is 15.6. The Labute approximate surface area is 95.7 Å². The Bertz CT molecular complexity index is 223. The van der Waals surface area contributed by atoms with Crippen molar-refractivity contribution in [3.05, 3.63) is 0 Å². The van der Waals surface area contributed by atoms with E-state index in [1.54, 1.807) is 7.05 Å². The van der Waals surface area contributed by atoms with Gasteiger partial charge in [0, 0.05) is 34.7 Å². The van der Waals surface area contributed by atoms with Crippen molar-refractivity contribution in [1.82, 2.24) is 5.32 Å². The van der Waals surface area contributed by atoms with Crippen LogP contribution in [0, 0.1) is 0 Å². The average Bonchev–Trinajstić information content (AvgIpc) is 2.18. The van der Waals surface area contributed by atoms with Crippen LogP contribution in [0.15, 0.2) is 0 Å². The number of esters is 1. The highest BCUT2D eigenvalue weighted by Gasteiger charge is 2.02. The maximum Gasteiger partial charge on any atom is 0.324 e. The number of amides is 1. The van der Waals surface area contributed by atoms with E-state index in [-0.39, 0.29) is 11.9 Å². The molecule has 0 saturated carbocycles. The van der Waals surface area contributed by atoms with Crippen LogP contribution in [-0.2, 0) is 23.4 Å². The molecule has 16 heavy (non-hydrogen) atoms. The molecule has 0 saturated heterocycles. The molecule has 0 aromatic heterocycles. The topological polar surface area (TPSA) is 102 Å². The fourth-order valence-corrected chi connectivity index (χ4v) is 0. The van der Waals surface area contributed by atoms with Crippen molar-refractivity contribution in [2.24, 2.45) is 0 Å². The van der Waals surface area contributed by atoms with E-state index < -0.39 is 7.60 Å². The Morgan fingerprint density at radius 3 is 1.44 bits per heavy atom. The summed E-state index contributed by atoms with van der Waals surface area (Å²) in [7, 11) is 0.998. The number of methoxy groups -OCH3 is 1. The molecule has 0 aromatic rings. The lowest BCUT2D eigenvalue weighted by molar-refractivity contribution is -0.137. The molecule has 0 aliphatic rings. The maximum absolute atomic E-state index is 9.92. The molecule has 0 bridgehead atoms. The van der Waals surface area contributed by atoms with Crippen molar-refractivity contribution >= 4 is 19.5 Å². The van der Waals surface area contributed by atoms with Gasteiger partial charge in [0.05, 0.1) is 7.11 Å². The van der Waals surface area contributed by atoms with Gasteiger partial charge in [-0.05, 0) is 0 Å². The van der Waals surface area contributed by atoms with Crippen LogP contribution in [0.1, 0.15) is 13.8 Å². The van der Waals surface area contributed by atoms with Crippen LogP contribution in [0.2, 0.25) is 0 Å². The SMILES string of the molecule is CNC(C)=O.COC(C)=O.COP(C)(=O)O. The normalized spacial score (nSPS) is 11.7. The summed E-state index contributed by atoms with van der Waals surface area (Å²) >= 11 is 0. The zero-order chi connectivity index (χ0) is 13.8. The number of hydrogen-bond acceptors (Lipinski definition) is 5. The largest absolute Gasteiger partial charge is 0.469 e. The number of hydrogen-bond donors (Lipinski definition) is 2. The van der Waals surface area contributed by atoms with Gasteiger partial charge < -0.3 is 19.5 Å². The molecule has 8 heteroatoms. The molecule has 0 heterocycles. The zero-order valence-corrected chi connectivity index (χ0v) is 11.3. The first-order valence-corrected chi connectivity index (χ1v) is 6.22. The third kappa shape index (κ3) is 51.6.